The molecule has 2 N–H and O–H groups in total. The Morgan fingerprint density at radius 1 is 1.20 bits per heavy atom. The molecule has 0 aromatic heterocycles. The summed E-state index contributed by atoms with van der Waals surface area (Å²) in [6.45, 7) is 1.33. The van der Waals surface area contributed by atoms with Crippen molar-refractivity contribution in [3.05, 3.63) is 42.0 Å². The maximum atomic E-state index is 11.2. The lowest BCUT2D eigenvalue weighted by atomic mass is 10.0. The number of amides is 1. The number of nitrogens with one attached hydrogen (secondary N) is 2. The fourth-order valence-corrected chi connectivity index (χ4v) is 2.23. The fraction of sp³-hybridized carbons (Fsp3) is 0.312. The first-order valence-corrected chi connectivity index (χ1v) is 6.72. The maximum absolute atomic E-state index is 11.2. The first-order valence-electron chi connectivity index (χ1n) is 6.72. The van der Waals surface area contributed by atoms with Gasteiger partial charge in [-0.05, 0) is 16.8 Å². The largest absolute Gasteiger partial charge is 0.496 e. The van der Waals surface area contributed by atoms with Crippen LogP contribution in [0.3, 0.4) is 0 Å². The summed E-state index contributed by atoms with van der Waals surface area (Å²) in [4.78, 5) is 11.2. The number of hydrogen-bond acceptors (Lipinski definition) is 3. The molecule has 0 fully saturated rings. The van der Waals surface area contributed by atoms with Gasteiger partial charge in [0.15, 0.2) is 0 Å². The predicted octanol–water partition coefficient (Wildman–Crippen LogP) is 2.07. The zero-order valence-corrected chi connectivity index (χ0v) is 11.9. The van der Waals surface area contributed by atoms with Gasteiger partial charge in [-0.3, -0.25) is 4.79 Å². The van der Waals surface area contributed by atoms with E-state index in [-0.39, 0.29) is 5.91 Å². The van der Waals surface area contributed by atoms with Gasteiger partial charge in [-0.25, -0.2) is 0 Å². The highest BCUT2D eigenvalue weighted by molar-refractivity contribution is 5.87. The van der Waals surface area contributed by atoms with Crippen LogP contribution in [0, 0.1) is 0 Å². The molecule has 2 aromatic rings. The van der Waals surface area contributed by atoms with E-state index < -0.39 is 0 Å². The lowest BCUT2D eigenvalue weighted by molar-refractivity contribution is -0.120. The van der Waals surface area contributed by atoms with E-state index in [4.69, 9.17) is 4.74 Å². The van der Waals surface area contributed by atoms with E-state index in [1.807, 2.05) is 18.2 Å². The molecule has 106 valence electrons. The van der Waals surface area contributed by atoms with Crippen LogP contribution in [0.15, 0.2) is 36.4 Å². The first kappa shape index (κ1) is 14.3. The van der Waals surface area contributed by atoms with Crippen molar-refractivity contribution in [2.75, 3.05) is 20.7 Å². The molecule has 2 aromatic carbocycles. The summed E-state index contributed by atoms with van der Waals surface area (Å²) >= 11 is 0. The topological polar surface area (TPSA) is 50.4 Å². The Morgan fingerprint density at radius 3 is 2.75 bits per heavy atom. The number of rotatable bonds is 6. The maximum Gasteiger partial charge on any atom is 0.221 e. The van der Waals surface area contributed by atoms with Crippen molar-refractivity contribution in [1.82, 2.24) is 10.6 Å². The number of carbonyl (C=O) groups excluding carboxylic acids is 1. The van der Waals surface area contributed by atoms with Gasteiger partial charge in [0.1, 0.15) is 5.75 Å². The molecule has 0 aliphatic rings. The average molecular weight is 272 g/mol. The van der Waals surface area contributed by atoms with Crippen molar-refractivity contribution < 1.29 is 9.53 Å². The molecular formula is C16H20N2O2. The van der Waals surface area contributed by atoms with E-state index in [0.29, 0.717) is 19.5 Å². The van der Waals surface area contributed by atoms with Crippen LogP contribution in [0.4, 0.5) is 0 Å². The van der Waals surface area contributed by atoms with Gasteiger partial charge in [0.05, 0.1) is 7.11 Å². The second-order valence-corrected chi connectivity index (χ2v) is 4.57. The third kappa shape index (κ3) is 3.27. The van der Waals surface area contributed by atoms with Gasteiger partial charge >= 0.3 is 0 Å². The molecule has 0 unspecified atom stereocenters. The number of methoxy groups -OCH3 is 1. The van der Waals surface area contributed by atoms with Crippen LogP contribution in [-0.2, 0) is 11.3 Å². The van der Waals surface area contributed by atoms with Crippen LogP contribution >= 0.6 is 0 Å². The van der Waals surface area contributed by atoms with Crippen molar-refractivity contribution in [2.24, 2.45) is 0 Å². The number of fused-ring (bicyclic) bond motifs is 1. The lowest BCUT2D eigenvalue weighted by Crippen LogP contribution is -2.24. The van der Waals surface area contributed by atoms with E-state index in [9.17, 15) is 4.79 Å². The van der Waals surface area contributed by atoms with Gasteiger partial charge in [0.2, 0.25) is 5.91 Å². The van der Waals surface area contributed by atoms with Crippen LogP contribution in [0.1, 0.15) is 12.0 Å². The highest BCUT2D eigenvalue weighted by Gasteiger charge is 2.07. The highest BCUT2D eigenvalue weighted by atomic mass is 16.5. The number of benzene rings is 2. The van der Waals surface area contributed by atoms with Crippen LogP contribution < -0.4 is 15.4 Å². The zero-order valence-electron chi connectivity index (χ0n) is 11.9. The Morgan fingerprint density at radius 2 is 2.00 bits per heavy atom. The van der Waals surface area contributed by atoms with E-state index in [1.165, 1.54) is 10.8 Å². The van der Waals surface area contributed by atoms with Gasteiger partial charge in [0.25, 0.3) is 0 Å². The lowest BCUT2D eigenvalue weighted by Gasteiger charge is -2.13. The Hall–Kier alpha value is -2.07. The summed E-state index contributed by atoms with van der Waals surface area (Å²) in [6.07, 6.45) is 0.476. The SMILES string of the molecule is CNC(=O)CCNCc1c(OC)ccc2ccccc12. The molecule has 0 aliphatic heterocycles. The Bertz CT molecular complexity index is 596. The minimum absolute atomic E-state index is 0.0439. The molecule has 2 rings (SSSR count). The van der Waals surface area contributed by atoms with E-state index >= 15 is 0 Å². The molecule has 0 aliphatic carbocycles. The van der Waals surface area contributed by atoms with Crippen molar-refractivity contribution in [3.8, 4) is 5.75 Å². The monoisotopic (exact) mass is 272 g/mol. The first-order chi connectivity index (χ1) is 9.76. The molecule has 20 heavy (non-hydrogen) atoms. The molecule has 1 amide bonds. The molecule has 0 saturated carbocycles. The molecule has 4 heteroatoms. The normalized spacial score (nSPS) is 10.5. The van der Waals surface area contributed by atoms with Gasteiger partial charge in [-0.15, -0.1) is 0 Å². The summed E-state index contributed by atoms with van der Waals surface area (Å²) in [5.74, 6) is 0.915. The van der Waals surface area contributed by atoms with Crippen LogP contribution in [0.5, 0.6) is 5.75 Å². The van der Waals surface area contributed by atoms with Crippen molar-refractivity contribution in [3.63, 3.8) is 0 Å². The molecule has 0 radical (unpaired) electrons. The molecular weight excluding hydrogens is 252 g/mol. The molecule has 0 saturated heterocycles. The van der Waals surface area contributed by atoms with Gasteiger partial charge in [-0.1, -0.05) is 30.3 Å². The minimum atomic E-state index is 0.0439. The second-order valence-electron chi connectivity index (χ2n) is 4.57. The van der Waals surface area contributed by atoms with E-state index in [2.05, 4.69) is 28.8 Å². The smallest absolute Gasteiger partial charge is 0.221 e. The Kier molecular flexibility index (Phi) is 4.96. The van der Waals surface area contributed by atoms with Crippen LogP contribution in [-0.4, -0.2) is 26.6 Å². The third-order valence-electron chi connectivity index (χ3n) is 3.33. The van der Waals surface area contributed by atoms with Crippen LogP contribution in [0.25, 0.3) is 10.8 Å². The summed E-state index contributed by atoms with van der Waals surface area (Å²) in [5.41, 5.74) is 1.13. The van der Waals surface area contributed by atoms with E-state index in [0.717, 1.165) is 11.3 Å². The average Bonchev–Trinajstić information content (AvgIpc) is 2.50. The van der Waals surface area contributed by atoms with Crippen molar-refractivity contribution in [1.29, 1.82) is 0 Å². The predicted molar refractivity (Wildman–Crippen MR) is 80.9 cm³/mol. The molecule has 0 bridgehead atoms. The minimum Gasteiger partial charge on any atom is -0.496 e. The Balaban J connectivity index is 2.13. The van der Waals surface area contributed by atoms with Gasteiger partial charge < -0.3 is 15.4 Å². The van der Waals surface area contributed by atoms with Crippen LogP contribution in [0.2, 0.25) is 0 Å². The zero-order chi connectivity index (χ0) is 14.4. The standard InChI is InChI=1S/C16H20N2O2/c1-17-16(19)9-10-18-11-14-13-6-4-3-5-12(13)7-8-15(14)20-2/h3-8,18H,9-11H2,1-2H3,(H,17,19). The van der Waals surface area contributed by atoms with E-state index in [1.54, 1.807) is 14.2 Å². The molecule has 0 spiro atoms. The molecule has 0 atom stereocenters. The third-order valence-corrected chi connectivity index (χ3v) is 3.33. The van der Waals surface area contributed by atoms with Gasteiger partial charge in [-0.2, -0.15) is 0 Å². The quantitative estimate of drug-likeness (QED) is 0.792. The highest BCUT2D eigenvalue weighted by Crippen LogP contribution is 2.27. The summed E-state index contributed by atoms with van der Waals surface area (Å²) in [5, 5.41) is 8.28. The van der Waals surface area contributed by atoms with Crippen molar-refractivity contribution in [2.45, 2.75) is 13.0 Å². The summed E-state index contributed by atoms with van der Waals surface area (Å²) < 4.78 is 5.43. The molecule has 0 heterocycles. The second kappa shape index (κ2) is 6.91. The fourth-order valence-electron chi connectivity index (χ4n) is 2.23. The number of ether oxygens (including phenoxy) is 1. The van der Waals surface area contributed by atoms with Crippen molar-refractivity contribution >= 4 is 16.7 Å². The van der Waals surface area contributed by atoms with Gasteiger partial charge in [0, 0.05) is 32.1 Å². The summed E-state index contributed by atoms with van der Waals surface area (Å²) in [7, 11) is 3.33. The molecule has 4 nitrogen and oxygen atoms in total. The summed E-state index contributed by atoms with van der Waals surface area (Å²) in [6, 6.07) is 12.3. The number of carbonyl (C=O) groups is 1. The number of hydrogen-bond donors (Lipinski definition) is 2. The Labute approximate surface area is 119 Å².